The summed E-state index contributed by atoms with van der Waals surface area (Å²) in [6, 6.07) is 8.67. The second-order valence-corrected chi connectivity index (χ2v) is 6.69. The summed E-state index contributed by atoms with van der Waals surface area (Å²) in [4.78, 5) is 9.31. The Hall–Kier alpha value is -1.84. The minimum absolute atomic E-state index is 0.268. The molecule has 0 N–H and O–H groups in total. The maximum atomic E-state index is 5.72. The van der Waals surface area contributed by atoms with Crippen LogP contribution < -0.4 is 0 Å². The standard InChI is InChI=1S/C18H24N2O2/c1-11(2)15-9-21-17(19-15)13-5-7-14(8-6-13)18-20-16(10-22-18)12(3)4/h5-8,11-12,15-16H,9-10H2,1-4H3. The van der Waals surface area contributed by atoms with Crippen molar-refractivity contribution in [2.75, 3.05) is 13.2 Å². The smallest absolute Gasteiger partial charge is 0.216 e. The molecule has 4 nitrogen and oxygen atoms in total. The number of ether oxygens (including phenoxy) is 2. The molecule has 0 bridgehead atoms. The van der Waals surface area contributed by atoms with E-state index < -0.39 is 0 Å². The van der Waals surface area contributed by atoms with E-state index in [2.05, 4.69) is 37.7 Å². The van der Waals surface area contributed by atoms with Crippen LogP contribution in [0.5, 0.6) is 0 Å². The zero-order valence-corrected chi connectivity index (χ0v) is 13.7. The summed E-state index contributed by atoms with van der Waals surface area (Å²) < 4.78 is 11.4. The van der Waals surface area contributed by atoms with Crippen molar-refractivity contribution in [1.29, 1.82) is 0 Å². The first-order chi connectivity index (χ1) is 10.5. The quantitative estimate of drug-likeness (QED) is 0.856. The first-order valence-electron chi connectivity index (χ1n) is 8.06. The third-order valence-electron chi connectivity index (χ3n) is 4.27. The lowest BCUT2D eigenvalue weighted by Crippen LogP contribution is -2.13. The fourth-order valence-electron chi connectivity index (χ4n) is 2.53. The van der Waals surface area contributed by atoms with Crippen molar-refractivity contribution in [2.24, 2.45) is 21.8 Å². The summed E-state index contributed by atoms with van der Waals surface area (Å²) in [5.41, 5.74) is 2.04. The van der Waals surface area contributed by atoms with Crippen molar-refractivity contribution >= 4 is 11.8 Å². The maximum Gasteiger partial charge on any atom is 0.216 e. The van der Waals surface area contributed by atoms with Gasteiger partial charge in [0.25, 0.3) is 0 Å². The number of hydrogen-bond acceptors (Lipinski definition) is 4. The number of aliphatic imine (C=N–C) groups is 2. The molecule has 0 aromatic heterocycles. The SMILES string of the molecule is CC(C)C1COC(c2ccc(C3=NC(C(C)C)CO3)cc2)=N1. The topological polar surface area (TPSA) is 43.2 Å². The van der Waals surface area contributed by atoms with Crippen molar-refractivity contribution in [3.63, 3.8) is 0 Å². The van der Waals surface area contributed by atoms with Crippen LogP contribution in [0.2, 0.25) is 0 Å². The van der Waals surface area contributed by atoms with Crippen molar-refractivity contribution in [3.05, 3.63) is 35.4 Å². The van der Waals surface area contributed by atoms with Gasteiger partial charge in [-0.25, -0.2) is 9.98 Å². The van der Waals surface area contributed by atoms with Gasteiger partial charge in [0, 0.05) is 11.1 Å². The Morgan fingerprint density at radius 2 is 1.14 bits per heavy atom. The third-order valence-corrected chi connectivity index (χ3v) is 4.27. The lowest BCUT2D eigenvalue weighted by atomic mass is 10.1. The molecule has 2 aliphatic heterocycles. The number of hydrogen-bond donors (Lipinski definition) is 0. The van der Waals surface area contributed by atoms with Crippen LogP contribution in [0.3, 0.4) is 0 Å². The molecule has 2 atom stereocenters. The van der Waals surface area contributed by atoms with Gasteiger partial charge in [0.1, 0.15) is 13.2 Å². The Morgan fingerprint density at radius 3 is 1.41 bits per heavy atom. The molecule has 3 rings (SSSR count). The van der Waals surface area contributed by atoms with Gasteiger partial charge in [-0.1, -0.05) is 27.7 Å². The zero-order valence-electron chi connectivity index (χ0n) is 13.7. The fourth-order valence-corrected chi connectivity index (χ4v) is 2.53. The van der Waals surface area contributed by atoms with Crippen LogP contribution in [0, 0.1) is 11.8 Å². The Labute approximate surface area is 132 Å². The monoisotopic (exact) mass is 300 g/mol. The van der Waals surface area contributed by atoms with Crippen LogP contribution in [0.15, 0.2) is 34.3 Å². The zero-order chi connectivity index (χ0) is 15.7. The van der Waals surface area contributed by atoms with Gasteiger partial charge >= 0.3 is 0 Å². The molecular formula is C18H24N2O2. The van der Waals surface area contributed by atoms with E-state index in [9.17, 15) is 0 Å². The van der Waals surface area contributed by atoms with Crippen LogP contribution in [0.25, 0.3) is 0 Å². The molecule has 0 aliphatic carbocycles. The van der Waals surface area contributed by atoms with Gasteiger partial charge < -0.3 is 9.47 Å². The molecule has 0 saturated heterocycles. The number of rotatable bonds is 4. The molecule has 1 aromatic carbocycles. The predicted octanol–water partition coefficient (Wildman–Crippen LogP) is 3.29. The largest absolute Gasteiger partial charge is 0.475 e. The summed E-state index contributed by atoms with van der Waals surface area (Å²) in [6.07, 6.45) is 0. The van der Waals surface area contributed by atoms with E-state index in [1.54, 1.807) is 0 Å². The van der Waals surface area contributed by atoms with E-state index in [1.165, 1.54) is 0 Å². The van der Waals surface area contributed by atoms with Crippen molar-refractivity contribution < 1.29 is 9.47 Å². The summed E-state index contributed by atoms with van der Waals surface area (Å²) in [5, 5.41) is 0. The van der Waals surface area contributed by atoms with Crippen LogP contribution in [0.4, 0.5) is 0 Å². The Morgan fingerprint density at radius 1 is 0.773 bits per heavy atom. The average Bonchev–Trinajstić information content (AvgIpc) is 3.17. The highest BCUT2D eigenvalue weighted by Crippen LogP contribution is 2.20. The van der Waals surface area contributed by atoms with Crippen molar-refractivity contribution in [3.8, 4) is 0 Å². The molecule has 4 heteroatoms. The van der Waals surface area contributed by atoms with Gasteiger partial charge in [0.2, 0.25) is 11.8 Å². The fraction of sp³-hybridized carbons (Fsp3) is 0.556. The van der Waals surface area contributed by atoms with E-state index in [1.807, 2.05) is 24.3 Å². The van der Waals surface area contributed by atoms with Crippen molar-refractivity contribution in [2.45, 2.75) is 39.8 Å². The molecule has 0 radical (unpaired) electrons. The first-order valence-corrected chi connectivity index (χ1v) is 8.06. The van der Waals surface area contributed by atoms with Gasteiger partial charge in [-0.05, 0) is 36.1 Å². The van der Waals surface area contributed by atoms with E-state index in [0.29, 0.717) is 25.0 Å². The summed E-state index contributed by atoms with van der Waals surface area (Å²) in [6.45, 7) is 10.0. The molecular weight excluding hydrogens is 276 g/mol. The van der Waals surface area contributed by atoms with Gasteiger partial charge in [0.05, 0.1) is 12.1 Å². The molecule has 2 aliphatic rings. The predicted molar refractivity (Wildman–Crippen MR) is 88.7 cm³/mol. The highest BCUT2D eigenvalue weighted by molar-refractivity contribution is 5.98. The molecule has 0 amide bonds. The minimum Gasteiger partial charge on any atom is -0.475 e. The first kappa shape index (κ1) is 15.1. The third kappa shape index (κ3) is 3.01. The maximum absolute atomic E-state index is 5.72. The van der Waals surface area contributed by atoms with Crippen LogP contribution >= 0.6 is 0 Å². The Balaban J connectivity index is 1.74. The molecule has 22 heavy (non-hydrogen) atoms. The molecule has 2 heterocycles. The molecule has 0 spiro atoms. The van der Waals surface area contributed by atoms with Gasteiger partial charge in [-0.2, -0.15) is 0 Å². The highest BCUT2D eigenvalue weighted by atomic mass is 16.5. The Kier molecular flexibility index (Phi) is 4.19. The lowest BCUT2D eigenvalue weighted by molar-refractivity contribution is 0.291. The normalized spacial score (nSPS) is 24.3. The summed E-state index contributed by atoms with van der Waals surface area (Å²) in [7, 11) is 0. The lowest BCUT2D eigenvalue weighted by Gasteiger charge is -2.06. The van der Waals surface area contributed by atoms with Gasteiger partial charge in [-0.15, -0.1) is 0 Å². The van der Waals surface area contributed by atoms with Crippen LogP contribution in [0.1, 0.15) is 38.8 Å². The summed E-state index contributed by atoms with van der Waals surface area (Å²) in [5.74, 6) is 2.51. The molecule has 0 fully saturated rings. The van der Waals surface area contributed by atoms with Gasteiger partial charge in [-0.3, -0.25) is 0 Å². The highest BCUT2D eigenvalue weighted by Gasteiger charge is 2.24. The number of nitrogens with zero attached hydrogens (tertiary/aromatic N) is 2. The minimum atomic E-state index is 0.268. The average molecular weight is 300 g/mol. The number of benzene rings is 1. The van der Waals surface area contributed by atoms with E-state index >= 15 is 0 Å². The van der Waals surface area contributed by atoms with E-state index in [4.69, 9.17) is 9.47 Å². The molecule has 2 unspecified atom stereocenters. The summed E-state index contributed by atoms with van der Waals surface area (Å²) >= 11 is 0. The van der Waals surface area contributed by atoms with Crippen molar-refractivity contribution in [1.82, 2.24) is 0 Å². The van der Waals surface area contributed by atoms with E-state index in [0.717, 1.165) is 22.9 Å². The second-order valence-electron chi connectivity index (χ2n) is 6.69. The van der Waals surface area contributed by atoms with Crippen LogP contribution in [-0.2, 0) is 9.47 Å². The second kappa shape index (κ2) is 6.11. The van der Waals surface area contributed by atoms with Crippen LogP contribution in [-0.4, -0.2) is 37.1 Å². The Bertz CT molecular complexity index is 535. The van der Waals surface area contributed by atoms with E-state index in [-0.39, 0.29) is 12.1 Å². The molecule has 118 valence electrons. The van der Waals surface area contributed by atoms with Gasteiger partial charge in [0.15, 0.2) is 0 Å². The molecule has 0 saturated carbocycles. The molecule has 1 aromatic rings.